The summed E-state index contributed by atoms with van der Waals surface area (Å²) in [4.78, 5) is 65.8. The van der Waals surface area contributed by atoms with Crippen LogP contribution in [0, 0.1) is 29.6 Å². The van der Waals surface area contributed by atoms with Crippen LogP contribution in [0.15, 0.2) is 0 Å². The monoisotopic (exact) mass is 586 g/mol. The lowest BCUT2D eigenvalue weighted by atomic mass is 9.61. The average Bonchev–Trinajstić information content (AvgIpc) is 2.89. The summed E-state index contributed by atoms with van der Waals surface area (Å²) in [5.41, 5.74) is 0. The lowest BCUT2D eigenvalue weighted by Gasteiger charge is -2.41. The normalized spacial score (nSPS) is 23.3. The quantitative estimate of drug-likeness (QED) is 0.127. The van der Waals surface area contributed by atoms with Crippen molar-refractivity contribution in [2.45, 2.75) is 19.8 Å². The van der Waals surface area contributed by atoms with E-state index in [-0.39, 0.29) is 62.5 Å². The van der Waals surface area contributed by atoms with Crippen LogP contribution in [0.3, 0.4) is 0 Å². The largest absolute Gasteiger partial charge is 0.465 e. The molecular weight excluding hydrogens is 553 g/mol. The van der Waals surface area contributed by atoms with Crippen molar-refractivity contribution in [2.75, 3.05) is 56.0 Å². The Morgan fingerprint density at radius 1 is 0.528 bits per heavy atom. The zero-order valence-corrected chi connectivity index (χ0v) is 23.6. The number of hydrogen-bond acceptors (Lipinski definition) is 14. The van der Waals surface area contributed by atoms with Crippen molar-refractivity contribution in [3.63, 3.8) is 0 Å². The minimum absolute atomic E-state index is 0.00429. The number of carbonyl (C=O) groups is 5. The summed E-state index contributed by atoms with van der Waals surface area (Å²) < 4.78 is 26.2. The highest BCUT2D eigenvalue weighted by molar-refractivity contribution is 7.80. The summed E-state index contributed by atoms with van der Waals surface area (Å²) >= 11 is 16.1. The summed E-state index contributed by atoms with van der Waals surface area (Å²) in [7, 11) is 0. The third-order valence-corrected chi connectivity index (χ3v) is 6.09. The Balaban J connectivity index is 3.65. The molecule has 10 nitrogen and oxygen atoms in total. The fourth-order valence-corrected chi connectivity index (χ4v) is 4.35. The molecule has 1 rings (SSSR count). The molecule has 206 valence electrons. The fourth-order valence-electron chi connectivity index (χ4n) is 3.98. The molecule has 14 heteroatoms. The molecule has 0 aliphatic heterocycles. The van der Waals surface area contributed by atoms with Crippen LogP contribution >= 0.6 is 50.5 Å². The molecule has 1 saturated carbocycles. The van der Waals surface area contributed by atoms with Gasteiger partial charge in [-0.2, -0.15) is 50.5 Å². The van der Waals surface area contributed by atoms with E-state index in [4.69, 9.17) is 23.7 Å². The number of thiol groups is 4. The van der Waals surface area contributed by atoms with Crippen molar-refractivity contribution in [1.82, 2.24) is 0 Å². The Kier molecular flexibility index (Phi) is 16.5. The van der Waals surface area contributed by atoms with Gasteiger partial charge in [-0.1, -0.05) is 6.92 Å². The first-order valence-corrected chi connectivity index (χ1v) is 14.1. The first-order valence-electron chi connectivity index (χ1n) is 11.5. The van der Waals surface area contributed by atoms with Gasteiger partial charge in [0.2, 0.25) is 0 Å². The minimum Gasteiger partial charge on any atom is -0.465 e. The molecule has 0 heterocycles. The van der Waals surface area contributed by atoms with Crippen LogP contribution in [0.25, 0.3) is 0 Å². The number of rotatable bonds is 15. The summed E-state index contributed by atoms with van der Waals surface area (Å²) in [6.07, 6.45) is 0.151. The Morgan fingerprint density at radius 2 is 0.833 bits per heavy atom. The predicted molar refractivity (Wildman–Crippen MR) is 143 cm³/mol. The van der Waals surface area contributed by atoms with Gasteiger partial charge >= 0.3 is 29.8 Å². The molecule has 0 saturated heterocycles. The topological polar surface area (TPSA) is 132 Å². The third-order valence-electron chi connectivity index (χ3n) is 5.36. The van der Waals surface area contributed by atoms with Crippen LogP contribution in [0.2, 0.25) is 0 Å². The zero-order valence-electron chi connectivity index (χ0n) is 20.0. The van der Waals surface area contributed by atoms with Crippen LogP contribution < -0.4 is 0 Å². The van der Waals surface area contributed by atoms with Crippen molar-refractivity contribution in [3.8, 4) is 0 Å². The molecule has 4 atom stereocenters. The van der Waals surface area contributed by atoms with E-state index in [0.717, 1.165) is 0 Å². The SMILES string of the molecule is CCCOC(=O)C1C(C(=O)OCCS)C(C(=O)OCCS)CC(C(=O)OCCS)C1C(=O)OCCS. The van der Waals surface area contributed by atoms with E-state index in [1.54, 1.807) is 6.92 Å². The molecule has 0 spiro atoms. The maximum absolute atomic E-state index is 13.3. The van der Waals surface area contributed by atoms with Crippen molar-refractivity contribution in [3.05, 3.63) is 0 Å². The number of carbonyl (C=O) groups excluding carboxylic acids is 5. The second-order valence-corrected chi connectivity index (χ2v) is 9.55. The van der Waals surface area contributed by atoms with Gasteiger partial charge in [-0.05, 0) is 12.8 Å². The average molecular weight is 587 g/mol. The van der Waals surface area contributed by atoms with E-state index in [1.807, 2.05) is 0 Å². The molecule has 0 amide bonds. The molecule has 0 aromatic rings. The first kappa shape index (κ1) is 32.8. The Bertz CT molecular complexity index is 700. The number of hydrogen-bond donors (Lipinski definition) is 4. The van der Waals surface area contributed by atoms with E-state index in [1.165, 1.54) is 0 Å². The fraction of sp³-hybridized carbons (Fsp3) is 0.773. The molecule has 0 N–H and O–H groups in total. The van der Waals surface area contributed by atoms with Gasteiger partial charge in [0.05, 0.1) is 36.2 Å². The highest BCUT2D eigenvalue weighted by atomic mass is 32.1. The maximum Gasteiger partial charge on any atom is 0.310 e. The van der Waals surface area contributed by atoms with Gasteiger partial charge in [0.15, 0.2) is 0 Å². The molecule has 4 unspecified atom stereocenters. The second-order valence-electron chi connectivity index (χ2n) is 7.76. The standard InChI is InChI=1S/C22H34O10S4/c1-2-3-28-22(27)17-15(20(25)31-6-10-35)13(18(23)29-4-8-33)12-14(19(24)30-5-9-34)16(17)21(26)32-7-11-36/h13-17,33-36H,2-12H2,1H3. The van der Waals surface area contributed by atoms with E-state index < -0.39 is 59.4 Å². The molecule has 0 bridgehead atoms. The van der Waals surface area contributed by atoms with Crippen LogP contribution in [0.1, 0.15) is 19.8 Å². The van der Waals surface area contributed by atoms with E-state index >= 15 is 0 Å². The van der Waals surface area contributed by atoms with Gasteiger partial charge in [-0.3, -0.25) is 24.0 Å². The predicted octanol–water partition coefficient (Wildman–Crippen LogP) is 1.32. The summed E-state index contributed by atoms with van der Waals surface area (Å²) in [5.74, 6) is -10.7. The Labute approximate surface area is 232 Å². The molecule has 1 aliphatic carbocycles. The molecule has 36 heavy (non-hydrogen) atoms. The van der Waals surface area contributed by atoms with Crippen LogP contribution in [0.4, 0.5) is 0 Å². The number of ether oxygens (including phenoxy) is 5. The molecule has 1 aliphatic rings. The van der Waals surface area contributed by atoms with Gasteiger partial charge in [-0.25, -0.2) is 0 Å². The smallest absolute Gasteiger partial charge is 0.310 e. The second kappa shape index (κ2) is 18.1. The lowest BCUT2D eigenvalue weighted by molar-refractivity contribution is -0.188. The van der Waals surface area contributed by atoms with Gasteiger partial charge in [0.1, 0.15) is 26.4 Å². The van der Waals surface area contributed by atoms with Crippen molar-refractivity contribution in [1.29, 1.82) is 0 Å². The first-order chi connectivity index (χ1) is 17.3. The van der Waals surface area contributed by atoms with Gasteiger partial charge in [-0.15, -0.1) is 0 Å². The van der Waals surface area contributed by atoms with Crippen molar-refractivity contribution >= 4 is 80.4 Å². The Hall–Kier alpha value is -1.25. The van der Waals surface area contributed by atoms with Gasteiger partial charge in [0.25, 0.3) is 0 Å². The van der Waals surface area contributed by atoms with E-state index in [9.17, 15) is 24.0 Å². The van der Waals surface area contributed by atoms with Crippen molar-refractivity contribution in [2.24, 2.45) is 29.6 Å². The van der Waals surface area contributed by atoms with E-state index in [2.05, 4.69) is 50.5 Å². The van der Waals surface area contributed by atoms with E-state index in [0.29, 0.717) is 6.42 Å². The molecule has 0 aromatic carbocycles. The zero-order chi connectivity index (χ0) is 27.1. The highest BCUT2D eigenvalue weighted by Crippen LogP contribution is 2.46. The summed E-state index contributed by atoms with van der Waals surface area (Å²) in [5, 5.41) is 0. The molecular formula is C22H34O10S4. The maximum atomic E-state index is 13.3. The van der Waals surface area contributed by atoms with Gasteiger partial charge < -0.3 is 23.7 Å². The number of esters is 5. The van der Waals surface area contributed by atoms with Crippen molar-refractivity contribution < 1.29 is 47.7 Å². The lowest BCUT2D eigenvalue weighted by Crippen LogP contribution is -2.55. The summed E-state index contributed by atoms with van der Waals surface area (Å²) in [6, 6.07) is 0. The summed E-state index contributed by atoms with van der Waals surface area (Å²) in [6.45, 7) is 1.43. The molecule has 0 radical (unpaired) electrons. The van der Waals surface area contributed by atoms with Gasteiger partial charge in [0, 0.05) is 23.0 Å². The third kappa shape index (κ3) is 9.56. The molecule has 0 aromatic heterocycles. The minimum atomic E-state index is -1.56. The van der Waals surface area contributed by atoms with Crippen LogP contribution in [0.5, 0.6) is 0 Å². The molecule has 1 fully saturated rings. The van der Waals surface area contributed by atoms with Crippen LogP contribution in [-0.2, 0) is 47.7 Å². The van der Waals surface area contributed by atoms with Crippen LogP contribution in [-0.4, -0.2) is 85.9 Å². The Morgan fingerprint density at radius 3 is 1.17 bits per heavy atom. The highest BCUT2D eigenvalue weighted by Gasteiger charge is 2.60.